The summed E-state index contributed by atoms with van der Waals surface area (Å²) in [6.45, 7) is 3.33. The van der Waals surface area contributed by atoms with E-state index < -0.39 is 0 Å². The Kier molecular flexibility index (Phi) is 6.08. The van der Waals surface area contributed by atoms with Crippen LogP contribution in [0.2, 0.25) is 0 Å². The minimum Gasteiger partial charge on any atom is -0.365 e. The highest BCUT2D eigenvalue weighted by Crippen LogP contribution is 2.20. The molecular formula is C19H18F2N4OS. The third-order valence-electron chi connectivity index (χ3n) is 3.91. The lowest BCUT2D eigenvalue weighted by molar-refractivity contribution is 0.0950. The smallest absolute Gasteiger partial charge is 0.282 e. The molecule has 140 valence electrons. The number of rotatable bonds is 7. The standard InChI is InChI=1S/C19H18F2N4OS/c1-2-25(16-5-3-4-15(21)10-16)12-17-23-24-19(27-17)18(26)22-11-13-6-8-14(20)9-7-13/h3-10H,2,11-12H2,1H3,(H,22,26). The number of hydrogen-bond acceptors (Lipinski definition) is 5. The van der Waals surface area contributed by atoms with Crippen molar-refractivity contribution in [2.45, 2.75) is 20.0 Å². The Morgan fingerprint density at radius 3 is 2.59 bits per heavy atom. The SMILES string of the molecule is CCN(Cc1nnc(C(=O)NCc2ccc(F)cc2)s1)c1cccc(F)c1. The second-order valence-corrected chi connectivity index (χ2v) is 6.87. The maximum absolute atomic E-state index is 13.4. The number of aromatic nitrogens is 2. The van der Waals surface area contributed by atoms with Gasteiger partial charge in [0.25, 0.3) is 5.91 Å². The first-order chi connectivity index (χ1) is 13.0. The van der Waals surface area contributed by atoms with Crippen molar-refractivity contribution in [3.63, 3.8) is 0 Å². The van der Waals surface area contributed by atoms with Crippen LogP contribution in [0.1, 0.15) is 27.3 Å². The molecule has 1 aromatic heterocycles. The fourth-order valence-corrected chi connectivity index (χ4v) is 3.26. The van der Waals surface area contributed by atoms with E-state index in [4.69, 9.17) is 0 Å². The number of amides is 1. The van der Waals surface area contributed by atoms with Crippen molar-refractivity contribution in [1.29, 1.82) is 0 Å². The second kappa shape index (κ2) is 8.68. The third kappa shape index (κ3) is 5.07. The predicted molar refractivity (Wildman–Crippen MR) is 101 cm³/mol. The minimum atomic E-state index is -0.336. The third-order valence-corrected chi connectivity index (χ3v) is 4.82. The molecule has 0 saturated carbocycles. The summed E-state index contributed by atoms with van der Waals surface area (Å²) in [5.41, 5.74) is 1.53. The number of hydrogen-bond donors (Lipinski definition) is 1. The van der Waals surface area contributed by atoms with Gasteiger partial charge in [0.05, 0.1) is 6.54 Å². The first-order valence-electron chi connectivity index (χ1n) is 8.40. The normalized spacial score (nSPS) is 10.6. The Bertz CT molecular complexity index is 914. The maximum Gasteiger partial charge on any atom is 0.282 e. The van der Waals surface area contributed by atoms with Crippen LogP contribution in [0.3, 0.4) is 0 Å². The number of carbonyl (C=O) groups excluding carboxylic acids is 1. The molecule has 27 heavy (non-hydrogen) atoms. The Balaban J connectivity index is 1.61. The van der Waals surface area contributed by atoms with Crippen LogP contribution in [-0.4, -0.2) is 22.6 Å². The van der Waals surface area contributed by atoms with Gasteiger partial charge in [-0.2, -0.15) is 0 Å². The molecule has 0 unspecified atom stereocenters. The van der Waals surface area contributed by atoms with Crippen molar-refractivity contribution >= 4 is 22.9 Å². The topological polar surface area (TPSA) is 58.1 Å². The molecule has 3 aromatic rings. The molecule has 0 aliphatic rings. The Hall–Kier alpha value is -2.87. The van der Waals surface area contributed by atoms with E-state index >= 15 is 0 Å². The van der Waals surface area contributed by atoms with Gasteiger partial charge in [-0.1, -0.05) is 29.5 Å². The van der Waals surface area contributed by atoms with Crippen molar-refractivity contribution in [1.82, 2.24) is 15.5 Å². The number of carbonyl (C=O) groups is 1. The summed E-state index contributed by atoms with van der Waals surface area (Å²) in [5.74, 6) is -0.960. The van der Waals surface area contributed by atoms with Gasteiger partial charge in [0, 0.05) is 18.8 Å². The number of nitrogens with one attached hydrogen (secondary N) is 1. The molecule has 1 N–H and O–H groups in total. The van der Waals surface area contributed by atoms with Crippen LogP contribution < -0.4 is 10.2 Å². The summed E-state index contributed by atoms with van der Waals surface area (Å²) in [6, 6.07) is 12.2. The number of nitrogens with zero attached hydrogens (tertiary/aromatic N) is 3. The maximum atomic E-state index is 13.4. The van der Waals surface area contributed by atoms with E-state index in [-0.39, 0.29) is 29.1 Å². The summed E-state index contributed by atoms with van der Waals surface area (Å²) in [5, 5.41) is 11.6. The minimum absolute atomic E-state index is 0.252. The molecule has 0 radical (unpaired) electrons. The summed E-state index contributed by atoms with van der Waals surface area (Å²) in [6.07, 6.45) is 0. The first-order valence-corrected chi connectivity index (χ1v) is 9.22. The lowest BCUT2D eigenvalue weighted by Crippen LogP contribution is -2.22. The van der Waals surface area contributed by atoms with Crippen LogP contribution >= 0.6 is 11.3 Å². The summed E-state index contributed by atoms with van der Waals surface area (Å²) >= 11 is 1.19. The highest BCUT2D eigenvalue weighted by atomic mass is 32.1. The van der Waals surface area contributed by atoms with Gasteiger partial charge in [-0.15, -0.1) is 10.2 Å². The molecule has 8 heteroatoms. The van der Waals surface area contributed by atoms with Gasteiger partial charge in [-0.25, -0.2) is 8.78 Å². The van der Waals surface area contributed by atoms with Crippen molar-refractivity contribution in [3.05, 3.63) is 75.7 Å². The van der Waals surface area contributed by atoms with E-state index in [2.05, 4.69) is 15.5 Å². The van der Waals surface area contributed by atoms with Gasteiger partial charge in [0.2, 0.25) is 5.01 Å². The van der Waals surface area contributed by atoms with Gasteiger partial charge in [-0.05, 0) is 42.8 Å². The van der Waals surface area contributed by atoms with Gasteiger partial charge in [-0.3, -0.25) is 4.79 Å². The van der Waals surface area contributed by atoms with Crippen molar-refractivity contribution < 1.29 is 13.6 Å². The van der Waals surface area contributed by atoms with E-state index in [1.165, 1.54) is 35.6 Å². The summed E-state index contributed by atoms with van der Waals surface area (Å²) in [4.78, 5) is 14.2. The Labute approximate surface area is 159 Å². The molecule has 0 aliphatic carbocycles. The lowest BCUT2D eigenvalue weighted by atomic mass is 10.2. The molecular weight excluding hydrogens is 370 g/mol. The van der Waals surface area contributed by atoms with Gasteiger partial charge >= 0.3 is 0 Å². The van der Waals surface area contributed by atoms with E-state index in [1.54, 1.807) is 18.2 Å². The van der Waals surface area contributed by atoms with Crippen LogP contribution in [0, 0.1) is 11.6 Å². The van der Waals surface area contributed by atoms with Gasteiger partial charge < -0.3 is 10.2 Å². The lowest BCUT2D eigenvalue weighted by Gasteiger charge is -2.21. The van der Waals surface area contributed by atoms with Crippen LogP contribution in [0.4, 0.5) is 14.5 Å². The van der Waals surface area contributed by atoms with Crippen LogP contribution in [0.25, 0.3) is 0 Å². The highest BCUT2D eigenvalue weighted by molar-refractivity contribution is 7.13. The summed E-state index contributed by atoms with van der Waals surface area (Å²) < 4.78 is 26.3. The van der Waals surface area contributed by atoms with E-state index in [9.17, 15) is 13.6 Å². The number of anilines is 1. The fourth-order valence-electron chi connectivity index (χ4n) is 2.49. The fraction of sp³-hybridized carbons (Fsp3) is 0.211. The molecule has 1 amide bonds. The Morgan fingerprint density at radius 1 is 1.11 bits per heavy atom. The van der Waals surface area contributed by atoms with Crippen molar-refractivity contribution in [2.75, 3.05) is 11.4 Å². The van der Waals surface area contributed by atoms with Crippen LogP contribution in [-0.2, 0) is 13.1 Å². The largest absolute Gasteiger partial charge is 0.365 e. The predicted octanol–water partition coefficient (Wildman–Crippen LogP) is 3.77. The monoisotopic (exact) mass is 388 g/mol. The molecule has 1 heterocycles. The van der Waals surface area contributed by atoms with Crippen LogP contribution in [0.5, 0.6) is 0 Å². The van der Waals surface area contributed by atoms with E-state index in [0.29, 0.717) is 18.1 Å². The second-order valence-electron chi connectivity index (χ2n) is 5.80. The molecule has 0 atom stereocenters. The van der Waals surface area contributed by atoms with Crippen molar-refractivity contribution in [2.24, 2.45) is 0 Å². The van der Waals surface area contributed by atoms with Crippen LogP contribution in [0.15, 0.2) is 48.5 Å². The van der Waals surface area contributed by atoms with Gasteiger partial charge in [0.1, 0.15) is 16.6 Å². The van der Waals surface area contributed by atoms with E-state index in [1.807, 2.05) is 17.9 Å². The highest BCUT2D eigenvalue weighted by Gasteiger charge is 2.15. The molecule has 0 saturated heterocycles. The zero-order valence-electron chi connectivity index (χ0n) is 14.7. The molecule has 2 aromatic carbocycles. The zero-order valence-corrected chi connectivity index (χ0v) is 15.5. The van der Waals surface area contributed by atoms with Crippen molar-refractivity contribution in [3.8, 4) is 0 Å². The molecule has 3 rings (SSSR count). The number of benzene rings is 2. The molecule has 0 fully saturated rings. The molecule has 0 spiro atoms. The first kappa shape index (κ1) is 18.9. The average Bonchev–Trinajstić information content (AvgIpc) is 3.14. The van der Waals surface area contributed by atoms with E-state index in [0.717, 1.165) is 11.3 Å². The Morgan fingerprint density at radius 2 is 1.89 bits per heavy atom. The zero-order chi connectivity index (χ0) is 19.2. The molecule has 0 bridgehead atoms. The molecule has 5 nitrogen and oxygen atoms in total. The molecule has 0 aliphatic heterocycles. The quantitative estimate of drug-likeness (QED) is 0.669. The average molecular weight is 388 g/mol. The summed E-state index contributed by atoms with van der Waals surface area (Å²) in [7, 11) is 0. The number of halogens is 2. The van der Waals surface area contributed by atoms with Gasteiger partial charge in [0.15, 0.2) is 0 Å².